The Morgan fingerprint density at radius 2 is 1.68 bits per heavy atom. The van der Waals surface area contributed by atoms with Crippen LogP contribution < -0.4 is 15.5 Å². The Morgan fingerprint density at radius 3 is 2.32 bits per heavy atom. The average molecular weight is 466 g/mol. The number of hydrazine groups is 1. The zero-order valence-electron chi connectivity index (χ0n) is 19.8. The van der Waals surface area contributed by atoms with E-state index in [1.807, 2.05) is 11.0 Å². The van der Waals surface area contributed by atoms with Crippen LogP contribution in [0.3, 0.4) is 0 Å². The van der Waals surface area contributed by atoms with Gasteiger partial charge >= 0.3 is 6.03 Å². The molecule has 0 aliphatic carbocycles. The zero-order chi connectivity index (χ0) is 24.3. The Labute approximate surface area is 199 Å². The number of piperazine rings is 1. The quantitative estimate of drug-likeness (QED) is 0.604. The molecule has 4 rings (SSSR count). The van der Waals surface area contributed by atoms with E-state index in [1.54, 1.807) is 38.3 Å². The van der Waals surface area contributed by atoms with Crippen molar-refractivity contribution in [2.75, 3.05) is 39.8 Å². The molecule has 2 aliphatic heterocycles. The van der Waals surface area contributed by atoms with Gasteiger partial charge in [-0.15, -0.1) is 0 Å². The fraction of sp³-hybridized carbons (Fsp3) is 0.400. The number of imide groups is 1. The molecule has 0 saturated carbocycles. The van der Waals surface area contributed by atoms with Crippen molar-refractivity contribution < 1.29 is 19.1 Å². The molecule has 2 N–H and O–H groups in total. The number of carbonyl (C=O) groups is 3. The number of benzene rings is 2. The van der Waals surface area contributed by atoms with Crippen molar-refractivity contribution in [2.24, 2.45) is 0 Å². The normalized spacial score (nSPS) is 21.4. The molecule has 0 aromatic heterocycles. The summed E-state index contributed by atoms with van der Waals surface area (Å²) in [5, 5.41) is 3.47. The van der Waals surface area contributed by atoms with Crippen LogP contribution in [0.15, 0.2) is 48.5 Å². The zero-order valence-corrected chi connectivity index (χ0v) is 19.8. The Balaban J connectivity index is 1.29. The second kappa shape index (κ2) is 9.82. The van der Waals surface area contributed by atoms with E-state index in [9.17, 15) is 14.4 Å². The summed E-state index contributed by atoms with van der Waals surface area (Å²) >= 11 is 0. The van der Waals surface area contributed by atoms with E-state index in [0.29, 0.717) is 11.3 Å². The molecular weight excluding hydrogens is 434 g/mol. The first-order valence-corrected chi connectivity index (χ1v) is 11.4. The predicted octanol–water partition coefficient (Wildman–Crippen LogP) is 1.62. The molecule has 2 heterocycles. The van der Waals surface area contributed by atoms with Gasteiger partial charge in [0.05, 0.1) is 13.7 Å². The van der Waals surface area contributed by atoms with Gasteiger partial charge < -0.3 is 10.1 Å². The maximum Gasteiger partial charge on any atom is 0.344 e. The van der Waals surface area contributed by atoms with Crippen molar-refractivity contribution in [1.29, 1.82) is 0 Å². The van der Waals surface area contributed by atoms with Crippen molar-refractivity contribution in [1.82, 2.24) is 25.6 Å². The highest BCUT2D eigenvalue weighted by Gasteiger charge is 2.50. The second-order valence-electron chi connectivity index (χ2n) is 8.94. The highest BCUT2D eigenvalue weighted by atomic mass is 16.5. The van der Waals surface area contributed by atoms with Crippen LogP contribution in [-0.4, -0.2) is 72.5 Å². The summed E-state index contributed by atoms with van der Waals surface area (Å²) in [6.45, 7) is 7.92. The van der Waals surface area contributed by atoms with Gasteiger partial charge in [-0.05, 0) is 42.7 Å². The van der Waals surface area contributed by atoms with Crippen LogP contribution in [0.5, 0.6) is 5.75 Å². The summed E-state index contributed by atoms with van der Waals surface area (Å²) in [6.07, 6.45) is 0. The Hall–Kier alpha value is -3.43. The number of hydrogen-bond acceptors (Lipinski definition) is 6. The van der Waals surface area contributed by atoms with Crippen LogP contribution in [0.25, 0.3) is 0 Å². The summed E-state index contributed by atoms with van der Waals surface area (Å²) in [6, 6.07) is 14.6. The summed E-state index contributed by atoms with van der Waals surface area (Å²) in [4.78, 5) is 42.6. The second-order valence-corrected chi connectivity index (χ2v) is 8.94. The lowest BCUT2D eigenvalue weighted by atomic mass is 9.92. The standard InChI is InChI=1S/C25H31N5O4/c1-18-6-4-5-7-19(18)16-28-12-14-29(15-13-28)17-22(31)27-30-23(32)25(2,26-24(30)33)20-8-10-21(34-3)11-9-20/h4-11H,12-17H2,1-3H3,(H,26,33)(H,27,31). The third kappa shape index (κ3) is 4.90. The fourth-order valence-electron chi connectivity index (χ4n) is 4.36. The maximum absolute atomic E-state index is 13.0. The molecule has 2 saturated heterocycles. The minimum absolute atomic E-state index is 0.120. The van der Waals surface area contributed by atoms with Crippen LogP contribution in [0.2, 0.25) is 0 Å². The lowest BCUT2D eigenvalue weighted by Crippen LogP contribution is -2.53. The number of rotatable bonds is 7. The molecule has 9 heteroatoms. The molecule has 4 amide bonds. The molecule has 2 aliphatic rings. The Bertz CT molecular complexity index is 1070. The summed E-state index contributed by atoms with van der Waals surface area (Å²) in [5.74, 6) is -0.276. The number of carbonyl (C=O) groups excluding carboxylic acids is 3. The van der Waals surface area contributed by atoms with Gasteiger partial charge in [0, 0.05) is 32.7 Å². The highest BCUT2D eigenvalue weighted by molar-refractivity contribution is 6.08. The van der Waals surface area contributed by atoms with Crippen molar-refractivity contribution in [3.05, 3.63) is 65.2 Å². The van der Waals surface area contributed by atoms with Gasteiger partial charge in [-0.3, -0.25) is 24.8 Å². The average Bonchev–Trinajstić information content (AvgIpc) is 3.05. The number of aryl methyl sites for hydroxylation is 1. The van der Waals surface area contributed by atoms with Gasteiger partial charge in [0.25, 0.3) is 11.8 Å². The molecule has 9 nitrogen and oxygen atoms in total. The fourth-order valence-corrected chi connectivity index (χ4v) is 4.36. The van der Waals surface area contributed by atoms with Crippen LogP contribution >= 0.6 is 0 Å². The van der Waals surface area contributed by atoms with E-state index in [-0.39, 0.29) is 6.54 Å². The first kappa shape index (κ1) is 23.7. The van der Waals surface area contributed by atoms with Gasteiger partial charge in [-0.2, -0.15) is 5.01 Å². The number of nitrogens with zero attached hydrogens (tertiary/aromatic N) is 3. The van der Waals surface area contributed by atoms with Crippen LogP contribution in [-0.2, 0) is 21.7 Å². The van der Waals surface area contributed by atoms with Crippen molar-refractivity contribution in [3.63, 3.8) is 0 Å². The van der Waals surface area contributed by atoms with E-state index < -0.39 is 23.4 Å². The summed E-state index contributed by atoms with van der Waals surface area (Å²) in [5.41, 5.74) is 4.41. The van der Waals surface area contributed by atoms with E-state index >= 15 is 0 Å². The topological polar surface area (TPSA) is 94.2 Å². The first-order valence-electron chi connectivity index (χ1n) is 11.4. The van der Waals surface area contributed by atoms with E-state index in [2.05, 4.69) is 40.8 Å². The molecule has 0 bridgehead atoms. The minimum Gasteiger partial charge on any atom is -0.497 e. The monoisotopic (exact) mass is 465 g/mol. The molecule has 2 aromatic rings. The van der Waals surface area contributed by atoms with E-state index in [1.165, 1.54) is 11.1 Å². The number of nitrogens with one attached hydrogen (secondary N) is 2. The van der Waals surface area contributed by atoms with Crippen molar-refractivity contribution in [3.8, 4) is 5.75 Å². The smallest absolute Gasteiger partial charge is 0.344 e. The van der Waals surface area contributed by atoms with Crippen molar-refractivity contribution in [2.45, 2.75) is 25.9 Å². The van der Waals surface area contributed by atoms with Gasteiger partial charge in [-0.1, -0.05) is 36.4 Å². The first-order chi connectivity index (χ1) is 16.3. The number of hydrogen-bond donors (Lipinski definition) is 2. The molecule has 2 fully saturated rings. The number of amides is 4. The molecule has 34 heavy (non-hydrogen) atoms. The molecular formula is C25H31N5O4. The molecule has 2 aromatic carbocycles. The number of urea groups is 1. The molecule has 0 spiro atoms. The van der Waals surface area contributed by atoms with E-state index in [4.69, 9.17) is 4.74 Å². The Kier molecular flexibility index (Phi) is 6.85. The van der Waals surface area contributed by atoms with E-state index in [0.717, 1.165) is 37.7 Å². The largest absolute Gasteiger partial charge is 0.497 e. The van der Waals surface area contributed by atoms with Crippen LogP contribution in [0.4, 0.5) is 4.79 Å². The molecule has 1 atom stereocenters. The lowest BCUT2D eigenvalue weighted by Gasteiger charge is -2.34. The predicted molar refractivity (Wildman–Crippen MR) is 127 cm³/mol. The third-order valence-electron chi connectivity index (χ3n) is 6.58. The maximum atomic E-state index is 13.0. The van der Waals surface area contributed by atoms with Crippen LogP contribution in [0.1, 0.15) is 23.6 Å². The van der Waals surface area contributed by atoms with Gasteiger partial charge in [0.2, 0.25) is 0 Å². The number of methoxy groups -OCH3 is 1. The van der Waals surface area contributed by atoms with Gasteiger partial charge in [0.1, 0.15) is 11.3 Å². The summed E-state index contributed by atoms with van der Waals surface area (Å²) in [7, 11) is 1.56. The van der Waals surface area contributed by atoms with Crippen LogP contribution in [0, 0.1) is 6.92 Å². The summed E-state index contributed by atoms with van der Waals surface area (Å²) < 4.78 is 5.15. The highest BCUT2D eigenvalue weighted by Crippen LogP contribution is 2.29. The molecule has 0 radical (unpaired) electrons. The third-order valence-corrected chi connectivity index (χ3v) is 6.58. The number of ether oxygens (including phenoxy) is 1. The minimum atomic E-state index is -1.27. The lowest BCUT2D eigenvalue weighted by molar-refractivity contribution is -0.139. The Morgan fingerprint density at radius 1 is 1.03 bits per heavy atom. The van der Waals surface area contributed by atoms with Gasteiger partial charge in [-0.25, -0.2) is 4.79 Å². The molecule has 180 valence electrons. The SMILES string of the molecule is COc1ccc(C2(C)NC(=O)N(NC(=O)CN3CCN(Cc4ccccc4C)CC3)C2=O)cc1. The van der Waals surface area contributed by atoms with Gasteiger partial charge in [0.15, 0.2) is 0 Å². The molecule has 1 unspecified atom stereocenters. The van der Waals surface area contributed by atoms with Crippen molar-refractivity contribution >= 4 is 17.8 Å².